The van der Waals surface area contributed by atoms with Crippen molar-refractivity contribution in [1.82, 2.24) is 13.7 Å². The fourth-order valence-electron chi connectivity index (χ4n) is 17.5. The molecule has 0 aliphatic carbocycles. The maximum absolute atomic E-state index is 2.62. The predicted molar refractivity (Wildman–Crippen MR) is 467 cm³/mol. The highest BCUT2D eigenvalue weighted by molar-refractivity contribution is 7.00. The van der Waals surface area contributed by atoms with Gasteiger partial charge in [-0.15, -0.1) is 0 Å². The van der Waals surface area contributed by atoms with Crippen LogP contribution < -0.4 is 26.2 Å². The van der Waals surface area contributed by atoms with E-state index in [1.807, 2.05) is 0 Å². The monoisotopic (exact) mass is 1400 g/mol. The van der Waals surface area contributed by atoms with Crippen molar-refractivity contribution in [3.05, 3.63) is 300 Å². The maximum atomic E-state index is 2.62. The Morgan fingerprint density at radius 1 is 0.204 bits per heavy atom. The largest absolute Gasteiger partial charge is 0.311 e. The third-order valence-electron chi connectivity index (χ3n) is 23.8. The van der Waals surface area contributed by atoms with Gasteiger partial charge in [-0.25, -0.2) is 0 Å². The smallest absolute Gasteiger partial charge is 0.252 e. The zero-order valence-electron chi connectivity index (χ0n) is 66.2. The Bertz CT molecular complexity index is 5810. The van der Waals surface area contributed by atoms with E-state index in [0.29, 0.717) is 0 Å². The highest BCUT2D eigenvalue weighted by Gasteiger charge is 2.45. The van der Waals surface area contributed by atoms with Gasteiger partial charge in [0.05, 0.1) is 38.8 Å². The van der Waals surface area contributed by atoms with Crippen LogP contribution in [0.2, 0.25) is 0 Å². The molecule has 0 saturated heterocycles. The van der Waals surface area contributed by atoms with Crippen LogP contribution >= 0.6 is 0 Å². The molecule has 0 bridgehead atoms. The summed E-state index contributed by atoms with van der Waals surface area (Å²) in [4.78, 5) is 5.25. The summed E-state index contributed by atoms with van der Waals surface area (Å²) in [5, 5.41) is 7.52. The van der Waals surface area contributed by atoms with Crippen molar-refractivity contribution in [2.24, 2.45) is 0 Å². The fraction of sp³-hybridized carbons (Fsp3) is 0.235. The van der Waals surface area contributed by atoms with E-state index >= 15 is 0 Å². The minimum Gasteiger partial charge on any atom is -0.311 e. The molecular formula is C102H98BN5. The summed E-state index contributed by atoms with van der Waals surface area (Å²) >= 11 is 0. The number of anilines is 6. The number of benzene rings is 13. The van der Waals surface area contributed by atoms with Crippen LogP contribution in [-0.2, 0) is 32.5 Å². The van der Waals surface area contributed by atoms with Gasteiger partial charge < -0.3 is 23.5 Å². The summed E-state index contributed by atoms with van der Waals surface area (Å²) in [5.74, 6) is 0. The summed E-state index contributed by atoms with van der Waals surface area (Å²) in [5.41, 5.74) is 33.4. The lowest BCUT2D eigenvalue weighted by Crippen LogP contribution is -2.61. The van der Waals surface area contributed by atoms with Gasteiger partial charge in [-0.05, 0) is 226 Å². The molecule has 13 aromatic carbocycles. The Balaban J connectivity index is 0.947. The zero-order chi connectivity index (χ0) is 75.2. The molecule has 0 unspecified atom stereocenters. The summed E-state index contributed by atoms with van der Waals surface area (Å²) in [6.45, 7) is 41.5. The highest BCUT2D eigenvalue weighted by Crippen LogP contribution is 2.50. The number of nitrogens with zero attached hydrogens (tertiary/aromatic N) is 5. The lowest BCUT2D eigenvalue weighted by Gasteiger charge is -2.44. The van der Waals surface area contributed by atoms with Crippen molar-refractivity contribution in [2.75, 3.05) is 9.80 Å². The molecule has 0 saturated carbocycles. The van der Waals surface area contributed by atoms with Gasteiger partial charge in [0.1, 0.15) is 0 Å². The average molecular weight is 1400 g/mol. The Hall–Kier alpha value is -11.1. The highest BCUT2D eigenvalue weighted by atomic mass is 15.2. The Morgan fingerprint density at radius 3 is 0.759 bits per heavy atom. The molecule has 0 N–H and O–H groups in total. The van der Waals surface area contributed by atoms with Crippen LogP contribution in [0.1, 0.15) is 158 Å². The molecule has 16 aromatic rings. The first-order valence-electron chi connectivity index (χ1n) is 39.0. The summed E-state index contributed by atoms with van der Waals surface area (Å²) in [6.07, 6.45) is 0. The normalized spacial score (nSPS) is 13.6. The zero-order valence-corrected chi connectivity index (χ0v) is 66.2. The minimum absolute atomic E-state index is 0.0399. The van der Waals surface area contributed by atoms with Gasteiger partial charge in [-0.3, -0.25) is 0 Å². The number of hydrogen-bond acceptors (Lipinski definition) is 2. The van der Waals surface area contributed by atoms with E-state index in [1.54, 1.807) is 0 Å². The van der Waals surface area contributed by atoms with Crippen LogP contribution in [0.25, 0.3) is 105 Å². The minimum atomic E-state index is -0.201. The quantitative estimate of drug-likeness (QED) is 0.148. The predicted octanol–water partition coefficient (Wildman–Crippen LogP) is 26.2. The number of rotatable bonds is 7. The van der Waals surface area contributed by atoms with Crippen molar-refractivity contribution < 1.29 is 0 Å². The van der Waals surface area contributed by atoms with E-state index in [1.165, 1.54) is 126 Å². The summed E-state index contributed by atoms with van der Waals surface area (Å²) in [7, 11) is 0. The maximum Gasteiger partial charge on any atom is 0.252 e. The second kappa shape index (κ2) is 24.2. The molecule has 0 fully saturated rings. The van der Waals surface area contributed by atoms with Crippen LogP contribution in [0.3, 0.4) is 0 Å². The van der Waals surface area contributed by atoms with E-state index in [-0.39, 0.29) is 39.2 Å². The molecule has 0 atom stereocenters. The van der Waals surface area contributed by atoms with E-state index in [9.17, 15) is 0 Å². The van der Waals surface area contributed by atoms with Crippen LogP contribution in [-0.4, -0.2) is 20.4 Å². The molecule has 0 radical (unpaired) electrons. The van der Waals surface area contributed by atoms with Crippen LogP contribution in [0, 0.1) is 0 Å². The molecule has 2 aliphatic heterocycles. The van der Waals surface area contributed by atoms with Gasteiger partial charge in [-0.2, -0.15) is 0 Å². The van der Waals surface area contributed by atoms with Gasteiger partial charge in [-0.1, -0.05) is 270 Å². The number of fused-ring (bicyclic) bond motifs is 13. The van der Waals surface area contributed by atoms with Crippen molar-refractivity contribution in [3.8, 4) is 39.3 Å². The summed E-state index contributed by atoms with van der Waals surface area (Å²) < 4.78 is 7.63. The third-order valence-corrected chi connectivity index (χ3v) is 23.8. The Morgan fingerprint density at radius 2 is 0.454 bits per heavy atom. The second-order valence-corrected chi connectivity index (χ2v) is 37.2. The van der Waals surface area contributed by atoms with Crippen molar-refractivity contribution in [2.45, 2.75) is 157 Å². The second-order valence-electron chi connectivity index (χ2n) is 37.2. The van der Waals surface area contributed by atoms with Gasteiger partial charge >= 0.3 is 0 Å². The first kappa shape index (κ1) is 68.7. The molecule has 0 spiro atoms. The lowest BCUT2D eigenvalue weighted by molar-refractivity contribution is 0.590. The molecule has 3 aromatic heterocycles. The number of hydrogen-bond donors (Lipinski definition) is 0. The van der Waals surface area contributed by atoms with Crippen molar-refractivity contribution in [1.29, 1.82) is 0 Å². The van der Waals surface area contributed by atoms with E-state index in [0.717, 1.165) is 62.2 Å². The Kier molecular flexibility index (Phi) is 15.4. The molecule has 18 rings (SSSR count). The topological polar surface area (TPSA) is 21.3 Å². The van der Waals surface area contributed by atoms with Crippen molar-refractivity contribution >= 4 is 123 Å². The first-order chi connectivity index (χ1) is 51.3. The van der Waals surface area contributed by atoms with Crippen LogP contribution in [0.5, 0.6) is 0 Å². The molecular weight excluding hydrogens is 1310 g/mol. The van der Waals surface area contributed by atoms with Gasteiger partial charge in [0.2, 0.25) is 0 Å². The van der Waals surface area contributed by atoms with Gasteiger partial charge in [0, 0.05) is 77.8 Å². The van der Waals surface area contributed by atoms with Crippen molar-refractivity contribution in [3.63, 3.8) is 0 Å². The van der Waals surface area contributed by atoms with Crippen LogP contribution in [0.4, 0.5) is 34.1 Å². The molecule has 5 nitrogen and oxygen atoms in total. The standard InChI is InChI=1S/C102H98BN5/c1-97(2,3)67-35-27-63(28-36-67)65-31-43-73(44-32-65)104-92-59-75(106-88-51-39-69(99(7,8)9)55-80(88)81-56-70(100(10,11)12)40-52-89(81)106)47-49-84(92)103-85-50-48-76(107-90-53-41-71(101(13,14)15)57-82(90)83-58-72(102(16,17)18)42-54-91(83)107)60-93(85)105(74-45-33-66(34-46-74)64-29-37-68(38-30-64)98(4,5)6)95-62-77(61-94(104)96(95)103)108-86-25-21-19-23-78(86)79-24-20-22-26-87(79)108/h19-62H,1-18H3. The molecule has 0 amide bonds. The number of para-hydroxylation sites is 2. The third kappa shape index (κ3) is 11.2. The van der Waals surface area contributed by atoms with Gasteiger partial charge in [0.15, 0.2) is 0 Å². The molecule has 534 valence electrons. The fourth-order valence-corrected chi connectivity index (χ4v) is 17.5. The van der Waals surface area contributed by atoms with Crippen LogP contribution in [0.15, 0.2) is 267 Å². The average Bonchev–Trinajstić information content (AvgIpc) is 0.697. The van der Waals surface area contributed by atoms with Gasteiger partial charge in [0.25, 0.3) is 6.71 Å². The molecule has 2 aliphatic rings. The molecule has 108 heavy (non-hydrogen) atoms. The molecule has 6 heteroatoms. The first-order valence-corrected chi connectivity index (χ1v) is 39.0. The van der Waals surface area contributed by atoms with E-state index < -0.39 is 0 Å². The summed E-state index contributed by atoms with van der Waals surface area (Å²) in [6, 6.07) is 104. The SMILES string of the molecule is CC(C)(C)c1ccc(-c2ccc(N3c4cc(-n5c6ccc(C(C)(C)C)cc6c6cc(C(C)(C)C)ccc65)ccc4B4c5ccc(-n6c7ccc(C(C)(C)C)cc7c7cc(C(C)(C)C)ccc76)cc5N(c5ccc(-c6ccc(C(C)(C)C)cc6)cc5)c5cc(-n6c7ccccc7c7ccccc76)cc3c54)cc2)cc1. The lowest BCUT2D eigenvalue weighted by atomic mass is 9.33. The van der Waals surface area contributed by atoms with E-state index in [4.69, 9.17) is 0 Å². The van der Waals surface area contributed by atoms with E-state index in [2.05, 4.69) is 415 Å². The molecule has 5 heterocycles. The Labute approximate surface area is 638 Å². The number of aromatic nitrogens is 3.